The average Bonchev–Trinajstić information content (AvgIpc) is 3.16. The molecule has 0 saturated heterocycles. The van der Waals surface area contributed by atoms with E-state index >= 15 is 0 Å². The Labute approximate surface area is 170 Å². The third-order valence-corrected chi connectivity index (χ3v) is 4.78. The van der Waals surface area contributed by atoms with Crippen LogP contribution in [0, 0.1) is 13.8 Å². The Kier molecular flexibility index (Phi) is 5.29. The fraction of sp³-hybridized carbons (Fsp3) is 0.167. The predicted molar refractivity (Wildman–Crippen MR) is 113 cm³/mol. The molecule has 2 aromatic carbocycles. The maximum Gasteiger partial charge on any atom is 0.251 e. The van der Waals surface area contributed by atoms with Crippen molar-refractivity contribution in [2.45, 2.75) is 27.0 Å². The van der Waals surface area contributed by atoms with Crippen molar-refractivity contribution in [2.75, 3.05) is 0 Å². The van der Waals surface area contributed by atoms with Gasteiger partial charge in [-0.2, -0.15) is 0 Å². The molecule has 2 heterocycles. The summed E-state index contributed by atoms with van der Waals surface area (Å²) >= 11 is 0. The van der Waals surface area contributed by atoms with E-state index in [1.807, 2.05) is 79.2 Å². The van der Waals surface area contributed by atoms with Crippen LogP contribution in [-0.4, -0.2) is 15.3 Å². The number of imidazole rings is 1. The molecule has 0 unspecified atom stereocenters. The van der Waals surface area contributed by atoms with Crippen molar-refractivity contribution in [1.82, 2.24) is 14.7 Å². The van der Waals surface area contributed by atoms with E-state index in [9.17, 15) is 4.79 Å². The molecule has 0 aliphatic heterocycles. The molecule has 5 nitrogen and oxygen atoms in total. The quantitative estimate of drug-likeness (QED) is 0.533. The van der Waals surface area contributed by atoms with Crippen LogP contribution in [0.2, 0.25) is 0 Å². The van der Waals surface area contributed by atoms with Crippen LogP contribution in [0.3, 0.4) is 0 Å². The summed E-state index contributed by atoms with van der Waals surface area (Å²) in [7, 11) is 0. The number of benzene rings is 2. The lowest BCUT2D eigenvalue weighted by Gasteiger charge is -2.08. The summed E-state index contributed by atoms with van der Waals surface area (Å²) in [6.07, 6.45) is 3.93. The zero-order valence-corrected chi connectivity index (χ0v) is 16.6. The first-order chi connectivity index (χ1) is 14.1. The third-order valence-electron chi connectivity index (χ3n) is 4.78. The van der Waals surface area contributed by atoms with E-state index in [0.29, 0.717) is 24.5 Å². The van der Waals surface area contributed by atoms with Crippen LogP contribution in [0.4, 0.5) is 0 Å². The number of aryl methyl sites for hydroxylation is 2. The van der Waals surface area contributed by atoms with Gasteiger partial charge in [-0.05, 0) is 49.2 Å². The van der Waals surface area contributed by atoms with E-state index in [2.05, 4.69) is 10.3 Å². The van der Waals surface area contributed by atoms with Crippen molar-refractivity contribution in [3.05, 3.63) is 101 Å². The number of ether oxygens (including phenoxy) is 1. The van der Waals surface area contributed by atoms with E-state index in [1.54, 1.807) is 12.1 Å². The highest BCUT2D eigenvalue weighted by atomic mass is 16.5. The van der Waals surface area contributed by atoms with Gasteiger partial charge in [0.25, 0.3) is 5.91 Å². The Morgan fingerprint density at radius 2 is 1.90 bits per heavy atom. The summed E-state index contributed by atoms with van der Waals surface area (Å²) in [4.78, 5) is 17.1. The van der Waals surface area contributed by atoms with Gasteiger partial charge >= 0.3 is 0 Å². The molecule has 29 heavy (non-hydrogen) atoms. The topological polar surface area (TPSA) is 55.6 Å². The minimum absolute atomic E-state index is 0.126. The molecule has 0 spiro atoms. The van der Waals surface area contributed by atoms with Gasteiger partial charge in [0.1, 0.15) is 18.0 Å². The van der Waals surface area contributed by atoms with Gasteiger partial charge in [-0.1, -0.05) is 42.0 Å². The summed E-state index contributed by atoms with van der Waals surface area (Å²) in [5.74, 6) is 0.515. The highest BCUT2D eigenvalue weighted by Crippen LogP contribution is 2.16. The van der Waals surface area contributed by atoms with E-state index in [4.69, 9.17) is 4.74 Å². The lowest BCUT2D eigenvalue weighted by atomic mass is 10.1. The monoisotopic (exact) mass is 385 g/mol. The van der Waals surface area contributed by atoms with Crippen molar-refractivity contribution in [3.8, 4) is 5.75 Å². The Bertz CT molecular complexity index is 1150. The second-order valence-electron chi connectivity index (χ2n) is 7.14. The second kappa shape index (κ2) is 8.19. The zero-order valence-electron chi connectivity index (χ0n) is 16.6. The molecule has 0 fully saturated rings. The summed E-state index contributed by atoms with van der Waals surface area (Å²) < 4.78 is 7.86. The molecule has 0 bridgehead atoms. The van der Waals surface area contributed by atoms with Gasteiger partial charge in [0.05, 0.1) is 5.69 Å². The molecule has 4 aromatic rings. The van der Waals surface area contributed by atoms with Crippen LogP contribution in [0.5, 0.6) is 5.75 Å². The third kappa shape index (κ3) is 4.46. The molecule has 0 saturated carbocycles. The lowest BCUT2D eigenvalue weighted by molar-refractivity contribution is 0.0950. The molecule has 4 rings (SSSR count). The van der Waals surface area contributed by atoms with E-state index in [-0.39, 0.29) is 5.91 Å². The number of fused-ring (bicyclic) bond motifs is 1. The number of hydrogen-bond acceptors (Lipinski definition) is 3. The van der Waals surface area contributed by atoms with E-state index in [1.165, 1.54) is 5.56 Å². The zero-order chi connectivity index (χ0) is 20.2. The molecule has 2 aromatic heterocycles. The van der Waals surface area contributed by atoms with Crippen LogP contribution in [-0.2, 0) is 13.2 Å². The van der Waals surface area contributed by atoms with Crippen molar-refractivity contribution in [2.24, 2.45) is 0 Å². The number of aromatic nitrogens is 2. The predicted octanol–water partition coefficient (Wildman–Crippen LogP) is 4.46. The lowest BCUT2D eigenvalue weighted by Crippen LogP contribution is -2.22. The minimum atomic E-state index is -0.126. The van der Waals surface area contributed by atoms with Crippen molar-refractivity contribution >= 4 is 11.6 Å². The van der Waals surface area contributed by atoms with Gasteiger partial charge < -0.3 is 14.5 Å². The van der Waals surface area contributed by atoms with E-state index < -0.39 is 0 Å². The molecular weight excluding hydrogens is 362 g/mol. The van der Waals surface area contributed by atoms with Crippen LogP contribution in [0.1, 0.15) is 32.7 Å². The fourth-order valence-electron chi connectivity index (χ4n) is 3.15. The normalized spacial score (nSPS) is 10.8. The van der Waals surface area contributed by atoms with Crippen LogP contribution < -0.4 is 10.1 Å². The minimum Gasteiger partial charge on any atom is -0.487 e. The first-order valence-electron chi connectivity index (χ1n) is 9.58. The SMILES string of the molecule is Cc1ccc(CNC(=O)c2cccc(OCc3cn4cccc(C)c4n3)c2)cc1. The number of carbonyl (C=O) groups excluding carboxylic acids is 1. The van der Waals surface area contributed by atoms with Gasteiger partial charge in [-0.15, -0.1) is 0 Å². The van der Waals surface area contributed by atoms with Crippen LogP contribution in [0.25, 0.3) is 5.65 Å². The van der Waals surface area contributed by atoms with Gasteiger partial charge in [0.15, 0.2) is 0 Å². The number of rotatable bonds is 6. The van der Waals surface area contributed by atoms with Crippen LogP contribution in [0.15, 0.2) is 73.1 Å². The first kappa shape index (κ1) is 18.7. The Morgan fingerprint density at radius 1 is 1.07 bits per heavy atom. The molecule has 146 valence electrons. The Morgan fingerprint density at radius 3 is 2.69 bits per heavy atom. The summed E-state index contributed by atoms with van der Waals surface area (Å²) in [5.41, 5.74) is 5.72. The molecule has 1 N–H and O–H groups in total. The Balaban J connectivity index is 1.39. The first-order valence-corrected chi connectivity index (χ1v) is 9.58. The number of nitrogens with zero attached hydrogens (tertiary/aromatic N) is 2. The number of pyridine rings is 1. The molecule has 0 radical (unpaired) electrons. The highest BCUT2D eigenvalue weighted by Gasteiger charge is 2.08. The molecule has 0 aliphatic rings. The standard InChI is InChI=1S/C24H23N3O2/c1-17-8-10-19(11-9-17)14-25-24(28)20-6-3-7-22(13-20)29-16-21-15-27-12-4-5-18(2)23(27)26-21/h3-13,15H,14,16H2,1-2H3,(H,25,28). The molecule has 0 atom stereocenters. The maximum absolute atomic E-state index is 12.5. The van der Waals surface area contributed by atoms with Gasteiger partial charge in [0, 0.05) is 24.5 Å². The van der Waals surface area contributed by atoms with E-state index in [0.717, 1.165) is 22.5 Å². The van der Waals surface area contributed by atoms with Gasteiger partial charge in [-0.3, -0.25) is 4.79 Å². The molecule has 5 heteroatoms. The summed E-state index contributed by atoms with van der Waals surface area (Å²) in [6.45, 7) is 4.91. The Hall–Kier alpha value is -3.60. The molecular formula is C24H23N3O2. The molecule has 1 amide bonds. The summed E-state index contributed by atoms with van der Waals surface area (Å²) in [5, 5.41) is 2.95. The number of nitrogens with one attached hydrogen (secondary N) is 1. The molecule has 0 aliphatic carbocycles. The summed E-state index contributed by atoms with van der Waals surface area (Å²) in [6, 6.07) is 19.4. The van der Waals surface area contributed by atoms with Gasteiger partial charge in [0.2, 0.25) is 0 Å². The van der Waals surface area contributed by atoms with Crippen LogP contribution >= 0.6 is 0 Å². The fourth-order valence-corrected chi connectivity index (χ4v) is 3.15. The largest absolute Gasteiger partial charge is 0.487 e. The maximum atomic E-state index is 12.5. The second-order valence-corrected chi connectivity index (χ2v) is 7.14. The highest BCUT2D eigenvalue weighted by molar-refractivity contribution is 5.94. The number of carbonyl (C=O) groups is 1. The number of amides is 1. The average molecular weight is 385 g/mol. The van der Waals surface area contributed by atoms with Crippen molar-refractivity contribution in [1.29, 1.82) is 0 Å². The number of hydrogen-bond donors (Lipinski definition) is 1. The van der Waals surface area contributed by atoms with Crippen molar-refractivity contribution < 1.29 is 9.53 Å². The van der Waals surface area contributed by atoms with Gasteiger partial charge in [-0.25, -0.2) is 4.98 Å². The smallest absolute Gasteiger partial charge is 0.251 e. The van der Waals surface area contributed by atoms with Crippen molar-refractivity contribution in [3.63, 3.8) is 0 Å².